The highest BCUT2D eigenvalue weighted by Gasteiger charge is 2.34. The molecule has 0 aliphatic heterocycles. The minimum Gasteiger partial charge on any atom is -0.381 e. The Morgan fingerprint density at radius 3 is 2.55 bits per heavy atom. The second-order valence-corrected chi connectivity index (χ2v) is 4.40. The number of aromatic nitrogens is 1. The molecule has 20 heavy (non-hydrogen) atoms. The van der Waals surface area contributed by atoms with Crippen molar-refractivity contribution in [1.82, 2.24) is 4.57 Å². The van der Waals surface area contributed by atoms with E-state index in [4.69, 9.17) is 0 Å². The van der Waals surface area contributed by atoms with E-state index < -0.39 is 17.6 Å². The fourth-order valence-corrected chi connectivity index (χ4v) is 1.85. The van der Waals surface area contributed by atoms with Crippen LogP contribution in [0, 0.1) is 5.82 Å². The monoisotopic (exact) mass is 286 g/mol. The van der Waals surface area contributed by atoms with E-state index in [1.54, 1.807) is 0 Å². The molecule has 1 heterocycles. The van der Waals surface area contributed by atoms with Crippen LogP contribution in [0.25, 0.3) is 0 Å². The number of anilines is 1. The van der Waals surface area contributed by atoms with Crippen LogP contribution in [0.2, 0.25) is 0 Å². The molecule has 0 amide bonds. The van der Waals surface area contributed by atoms with Crippen LogP contribution in [0.4, 0.5) is 23.2 Å². The summed E-state index contributed by atoms with van der Waals surface area (Å²) in [5.74, 6) is -1.26. The molecule has 0 unspecified atom stereocenters. The number of halogens is 4. The molecular formula is C14H14F4N2. The van der Waals surface area contributed by atoms with Gasteiger partial charge in [-0.3, -0.25) is 0 Å². The van der Waals surface area contributed by atoms with Crippen LogP contribution in [0.5, 0.6) is 0 Å². The van der Waals surface area contributed by atoms with Crippen LogP contribution < -0.4 is 5.32 Å². The van der Waals surface area contributed by atoms with Gasteiger partial charge in [-0.15, -0.1) is 0 Å². The molecule has 0 bridgehead atoms. The minimum absolute atomic E-state index is 0.239. The first kappa shape index (κ1) is 14.4. The summed E-state index contributed by atoms with van der Waals surface area (Å²) in [7, 11) is 0. The van der Waals surface area contributed by atoms with Gasteiger partial charge in [-0.2, -0.15) is 13.2 Å². The summed E-state index contributed by atoms with van der Waals surface area (Å²) in [5, 5.41) is 2.86. The molecule has 6 heteroatoms. The molecule has 2 rings (SSSR count). The van der Waals surface area contributed by atoms with Crippen molar-refractivity contribution in [3.05, 3.63) is 53.6 Å². The standard InChI is InChI=1S/C14H14F4N2/c1-2-20-6-5-10(9-20)8-19-11-3-4-13(15)12(7-11)14(16,17)18/h3-7,9,19H,2,8H2,1H3. The van der Waals surface area contributed by atoms with E-state index in [1.807, 2.05) is 30.0 Å². The summed E-state index contributed by atoms with van der Waals surface area (Å²) in [4.78, 5) is 0. The Balaban J connectivity index is 2.10. The third kappa shape index (κ3) is 3.31. The number of aryl methyl sites for hydroxylation is 1. The van der Waals surface area contributed by atoms with E-state index in [0.29, 0.717) is 6.54 Å². The van der Waals surface area contributed by atoms with Gasteiger partial charge in [-0.25, -0.2) is 4.39 Å². The van der Waals surface area contributed by atoms with Gasteiger partial charge in [0.05, 0.1) is 5.56 Å². The van der Waals surface area contributed by atoms with Crippen molar-refractivity contribution >= 4 is 5.69 Å². The van der Waals surface area contributed by atoms with E-state index in [9.17, 15) is 17.6 Å². The number of nitrogens with one attached hydrogen (secondary N) is 1. The summed E-state index contributed by atoms with van der Waals surface area (Å²) < 4.78 is 52.8. The predicted molar refractivity (Wildman–Crippen MR) is 68.8 cm³/mol. The number of benzene rings is 1. The smallest absolute Gasteiger partial charge is 0.381 e. The molecular weight excluding hydrogens is 272 g/mol. The quantitative estimate of drug-likeness (QED) is 0.830. The van der Waals surface area contributed by atoms with Gasteiger partial charge < -0.3 is 9.88 Å². The largest absolute Gasteiger partial charge is 0.419 e. The molecule has 1 aromatic carbocycles. The Morgan fingerprint density at radius 1 is 1.20 bits per heavy atom. The molecule has 0 aliphatic carbocycles. The number of hydrogen-bond donors (Lipinski definition) is 1. The van der Waals surface area contributed by atoms with Crippen LogP contribution in [-0.4, -0.2) is 4.57 Å². The van der Waals surface area contributed by atoms with Gasteiger partial charge in [0, 0.05) is 31.2 Å². The van der Waals surface area contributed by atoms with Crippen LogP contribution >= 0.6 is 0 Å². The Labute approximate surface area is 114 Å². The second-order valence-electron chi connectivity index (χ2n) is 4.40. The zero-order valence-corrected chi connectivity index (χ0v) is 10.8. The lowest BCUT2D eigenvalue weighted by atomic mass is 10.1. The molecule has 2 nitrogen and oxygen atoms in total. The molecule has 0 radical (unpaired) electrons. The summed E-state index contributed by atoms with van der Waals surface area (Å²) in [5.41, 5.74) is -0.0682. The Hall–Kier alpha value is -1.98. The highest BCUT2D eigenvalue weighted by Crippen LogP contribution is 2.33. The highest BCUT2D eigenvalue weighted by molar-refractivity contribution is 5.47. The first-order chi connectivity index (χ1) is 9.40. The molecule has 0 atom stereocenters. The van der Waals surface area contributed by atoms with Gasteiger partial charge >= 0.3 is 6.18 Å². The number of hydrogen-bond acceptors (Lipinski definition) is 1. The fraction of sp³-hybridized carbons (Fsp3) is 0.286. The van der Waals surface area contributed by atoms with Crippen LogP contribution in [-0.2, 0) is 19.3 Å². The molecule has 0 saturated heterocycles. The van der Waals surface area contributed by atoms with Gasteiger partial charge in [-0.05, 0) is 36.8 Å². The molecule has 0 aliphatic rings. The average Bonchev–Trinajstić information content (AvgIpc) is 2.84. The maximum absolute atomic E-state index is 13.1. The summed E-state index contributed by atoms with van der Waals surface area (Å²) in [6.45, 7) is 3.21. The highest BCUT2D eigenvalue weighted by atomic mass is 19.4. The van der Waals surface area contributed by atoms with Crippen molar-refractivity contribution in [3.63, 3.8) is 0 Å². The van der Waals surface area contributed by atoms with Crippen molar-refractivity contribution in [2.45, 2.75) is 26.2 Å². The van der Waals surface area contributed by atoms with Gasteiger partial charge in [0.2, 0.25) is 0 Å². The maximum atomic E-state index is 13.1. The molecule has 1 aromatic heterocycles. The van der Waals surface area contributed by atoms with Crippen molar-refractivity contribution < 1.29 is 17.6 Å². The molecule has 0 saturated carbocycles. The summed E-state index contributed by atoms with van der Waals surface area (Å²) in [6, 6.07) is 4.78. The number of nitrogens with zero attached hydrogens (tertiary/aromatic N) is 1. The zero-order chi connectivity index (χ0) is 14.8. The van der Waals surface area contributed by atoms with Gasteiger partial charge in [0.25, 0.3) is 0 Å². The molecule has 0 spiro atoms. The van der Waals surface area contributed by atoms with Crippen molar-refractivity contribution in [3.8, 4) is 0 Å². The van der Waals surface area contributed by atoms with Crippen LogP contribution in [0.3, 0.4) is 0 Å². The maximum Gasteiger partial charge on any atom is 0.419 e. The molecule has 0 fully saturated rings. The lowest BCUT2D eigenvalue weighted by Gasteiger charge is -2.11. The zero-order valence-electron chi connectivity index (χ0n) is 10.8. The SMILES string of the molecule is CCn1ccc(CNc2ccc(F)c(C(F)(F)F)c2)c1. The minimum atomic E-state index is -4.69. The molecule has 108 valence electrons. The summed E-state index contributed by atoms with van der Waals surface area (Å²) >= 11 is 0. The molecule has 1 N–H and O–H groups in total. The van der Waals surface area contributed by atoms with Crippen LogP contribution in [0.1, 0.15) is 18.1 Å². The van der Waals surface area contributed by atoms with Crippen molar-refractivity contribution in [1.29, 1.82) is 0 Å². The van der Waals surface area contributed by atoms with Crippen molar-refractivity contribution in [2.24, 2.45) is 0 Å². The lowest BCUT2D eigenvalue weighted by molar-refractivity contribution is -0.139. The van der Waals surface area contributed by atoms with Crippen molar-refractivity contribution in [2.75, 3.05) is 5.32 Å². The van der Waals surface area contributed by atoms with E-state index >= 15 is 0 Å². The van der Waals surface area contributed by atoms with Crippen LogP contribution in [0.15, 0.2) is 36.7 Å². The Morgan fingerprint density at radius 2 is 1.95 bits per heavy atom. The van der Waals surface area contributed by atoms with E-state index in [-0.39, 0.29) is 5.69 Å². The van der Waals surface area contributed by atoms with Gasteiger partial charge in [-0.1, -0.05) is 0 Å². The van der Waals surface area contributed by atoms with E-state index in [2.05, 4.69) is 5.32 Å². The predicted octanol–water partition coefficient (Wildman–Crippen LogP) is 4.28. The average molecular weight is 286 g/mol. The van der Waals surface area contributed by atoms with Gasteiger partial charge in [0.1, 0.15) is 5.82 Å². The fourth-order valence-electron chi connectivity index (χ4n) is 1.85. The Kier molecular flexibility index (Phi) is 4.01. The first-order valence-corrected chi connectivity index (χ1v) is 6.15. The Bertz CT molecular complexity index is 587. The molecule has 2 aromatic rings. The van der Waals surface area contributed by atoms with Gasteiger partial charge in [0.15, 0.2) is 0 Å². The first-order valence-electron chi connectivity index (χ1n) is 6.15. The summed E-state index contributed by atoms with van der Waals surface area (Å²) in [6.07, 6.45) is -0.892. The third-order valence-corrected chi connectivity index (χ3v) is 2.95. The number of rotatable bonds is 4. The normalized spacial score (nSPS) is 11.7. The van der Waals surface area contributed by atoms with E-state index in [1.165, 1.54) is 6.07 Å². The number of alkyl halides is 3. The lowest BCUT2D eigenvalue weighted by Crippen LogP contribution is -2.09. The second kappa shape index (κ2) is 5.56. The third-order valence-electron chi connectivity index (χ3n) is 2.95. The van der Waals surface area contributed by atoms with E-state index in [0.717, 1.165) is 24.2 Å². The topological polar surface area (TPSA) is 17.0 Å².